The molecule has 0 atom stereocenters. The summed E-state index contributed by atoms with van der Waals surface area (Å²) in [6, 6.07) is 18.4. The zero-order valence-electron chi connectivity index (χ0n) is 17.2. The van der Waals surface area contributed by atoms with Crippen LogP contribution in [0.15, 0.2) is 67.0 Å². The highest BCUT2D eigenvalue weighted by Gasteiger charge is 2.20. The summed E-state index contributed by atoms with van der Waals surface area (Å²) in [5.74, 6) is 0.787. The van der Waals surface area contributed by atoms with Crippen LogP contribution in [0.25, 0.3) is 17.1 Å². The van der Waals surface area contributed by atoms with Crippen LogP contribution >= 0.6 is 23.8 Å². The molecule has 31 heavy (non-hydrogen) atoms. The molecule has 0 fully saturated rings. The molecule has 0 unspecified atom stereocenters. The second-order valence-corrected chi connectivity index (χ2v) is 8.55. The summed E-state index contributed by atoms with van der Waals surface area (Å²) in [5, 5.41) is 5.65. The van der Waals surface area contributed by atoms with Crippen molar-refractivity contribution in [2.45, 2.75) is 26.6 Å². The van der Waals surface area contributed by atoms with E-state index in [1.54, 1.807) is 12.4 Å². The van der Waals surface area contributed by atoms with Crippen LogP contribution in [0, 0.1) is 11.7 Å². The summed E-state index contributed by atoms with van der Waals surface area (Å²) in [6.07, 6.45) is 4.58. The Bertz CT molecular complexity index is 1300. The lowest BCUT2D eigenvalue weighted by atomic mass is 10.0. The van der Waals surface area contributed by atoms with E-state index >= 15 is 0 Å². The maximum Gasteiger partial charge on any atom is 0.204 e. The van der Waals surface area contributed by atoms with Gasteiger partial charge in [0, 0.05) is 36.1 Å². The first-order valence-corrected chi connectivity index (χ1v) is 11.1. The molecule has 0 saturated carbocycles. The number of pyridine rings is 1. The molecule has 2 aromatic carbocycles. The quantitative estimate of drug-likeness (QED) is 0.390. The van der Waals surface area contributed by atoms with Gasteiger partial charge in [0.25, 0.3) is 0 Å². The maximum absolute atomic E-state index is 6.43. The van der Waals surface area contributed by atoms with E-state index in [0.717, 1.165) is 42.1 Å². The fraction of sp³-hybridized carbons (Fsp3) is 0.208. The van der Waals surface area contributed by atoms with Gasteiger partial charge in [-0.05, 0) is 66.5 Å². The fourth-order valence-electron chi connectivity index (χ4n) is 4.11. The third kappa shape index (κ3) is 3.83. The molecule has 156 valence electrons. The van der Waals surface area contributed by atoms with Crippen LogP contribution in [0.2, 0.25) is 5.02 Å². The number of aromatic nitrogens is 4. The third-order valence-electron chi connectivity index (χ3n) is 5.80. The zero-order chi connectivity index (χ0) is 21.4. The highest BCUT2D eigenvalue weighted by Crippen LogP contribution is 2.28. The Morgan fingerprint density at radius 3 is 2.58 bits per heavy atom. The highest BCUT2D eigenvalue weighted by molar-refractivity contribution is 7.71. The van der Waals surface area contributed by atoms with Crippen LogP contribution in [0.5, 0.6) is 0 Å². The van der Waals surface area contributed by atoms with Gasteiger partial charge < -0.3 is 0 Å². The second kappa shape index (κ2) is 8.38. The van der Waals surface area contributed by atoms with Crippen LogP contribution < -0.4 is 0 Å². The molecule has 2 aromatic heterocycles. The van der Waals surface area contributed by atoms with Gasteiger partial charge in [0.15, 0.2) is 5.82 Å². The van der Waals surface area contributed by atoms with Crippen molar-refractivity contribution >= 4 is 23.8 Å². The predicted octanol–water partition coefficient (Wildman–Crippen LogP) is 5.44. The Balaban J connectivity index is 1.58. The molecule has 0 saturated heterocycles. The number of rotatable bonds is 4. The smallest absolute Gasteiger partial charge is 0.204 e. The lowest BCUT2D eigenvalue weighted by molar-refractivity contribution is 0.188. The van der Waals surface area contributed by atoms with Crippen molar-refractivity contribution in [1.82, 2.24) is 24.2 Å². The van der Waals surface area contributed by atoms with Gasteiger partial charge in [0.05, 0.1) is 12.4 Å². The summed E-state index contributed by atoms with van der Waals surface area (Å²) in [4.78, 5) is 6.54. The molecule has 1 aliphatic heterocycles. The number of fused-ring (bicyclic) bond motifs is 1. The minimum atomic E-state index is 0.637. The molecule has 0 N–H and O–H groups in total. The number of benzene rings is 2. The van der Waals surface area contributed by atoms with Crippen molar-refractivity contribution in [2.75, 3.05) is 6.54 Å². The van der Waals surface area contributed by atoms with Gasteiger partial charge in [0.1, 0.15) is 0 Å². The first-order chi connectivity index (χ1) is 15.1. The number of hydrogen-bond donors (Lipinski definition) is 0. The summed E-state index contributed by atoms with van der Waals surface area (Å²) >= 11 is 12.4. The van der Waals surface area contributed by atoms with Crippen LogP contribution in [0.1, 0.15) is 16.7 Å². The van der Waals surface area contributed by atoms with E-state index in [0.29, 0.717) is 16.5 Å². The molecule has 0 amide bonds. The topological polar surface area (TPSA) is 38.9 Å². The van der Waals surface area contributed by atoms with Crippen molar-refractivity contribution in [3.05, 3.63) is 93.5 Å². The molecule has 0 spiro atoms. The van der Waals surface area contributed by atoms with Gasteiger partial charge in [-0.3, -0.25) is 14.5 Å². The molecule has 4 aromatic rings. The van der Waals surface area contributed by atoms with Crippen molar-refractivity contribution in [3.63, 3.8) is 0 Å². The largest absolute Gasteiger partial charge is 0.280 e. The maximum atomic E-state index is 6.43. The lowest BCUT2D eigenvalue weighted by Crippen LogP contribution is -2.32. The van der Waals surface area contributed by atoms with Crippen molar-refractivity contribution in [2.24, 2.45) is 0 Å². The van der Waals surface area contributed by atoms with E-state index in [4.69, 9.17) is 28.9 Å². The summed E-state index contributed by atoms with van der Waals surface area (Å²) in [5.41, 5.74) is 5.68. The molecule has 3 heterocycles. The number of halogens is 1. The summed E-state index contributed by atoms with van der Waals surface area (Å²) < 4.78 is 4.58. The van der Waals surface area contributed by atoms with Crippen molar-refractivity contribution < 1.29 is 0 Å². The average Bonchev–Trinajstić information content (AvgIpc) is 3.12. The van der Waals surface area contributed by atoms with Gasteiger partial charge in [-0.2, -0.15) is 0 Å². The van der Waals surface area contributed by atoms with Gasteiger partial charge in [-0.25, -0.2) is 4.68 Å². The van der Waals surface area contributed by atoms with Crippen LogP contribution in [0.3, 0.4) is 0 Å². The van der Waals surface area contributed by atoms with Crippen LogP contribution in [-0.2, 0) is 19.6 Å². The third-order valence-corrected chi connectivity index (χ3v) is 6.60. The molecule has 0 aliphatic carbocycles. The van der Waals surface area contributed by atoms with Crippen LogP contribution in [0.4, 0.5) is 0 Å². The molecule has 5 rings (SSSR count). The van der Waals surface area contributed by atoms with E-state index in [1.807, 2.05) is 46.5 Å². The van der Waals surface area contributed by atoms with E-state index in [1.165, 1.54) is 11.1 Å². The van der Waals surface area contributed by atoms with E-state index in [-0.39, 0.29) is 0 Å². The Morgan fingerprint density at radius 1 is 1.00 bits per heavy atom. The fourth-order valence-corrected chi connectivity index (χ4v) is 4.56. The standard InChI is InChI=1S/C24H22ClN5S/c1-17-21(25)7-4-8-22(17)30-23(19-9-12-26-13-10-19)27-29(24(30)31)16-28-14-11-18-5-2-3-6-20(18)15-28/h2-10,12-13H,11,14-16H2,1H3. The molecule has 1 aliphatic rings. The Hall–Kier alpha value is -2.80. The summed E-state index contributed by atoms with van der Waals surface area (Å²) in [7, 11) is 0. The van der Waals surface area contributed by atoms with E-state index in [2.05, 4.69) is 34.1 Å². The SMILES string of the molecule is Cc1c(Cl)cccc1-n1c(-c2ccncc2)nn(CN2CCc3ccccc3C2)c1=S. The van der Waals surface area contributed by atoms with E-state index in [9.17, 15) is 0 Å². The second-order valence-electron chi connectivity index (χ2n) is 7.77. The van der Waals surface area contributed by atoms with Crippen molar-refractivity contribution in [3.8, 4) is 17.1 Å². The molecular formula is C24H22ClN5S. The molecule has 5 nitrogen and oxygen atoms in total. The first-order valence-electron chi connectivity index (χ1n) is 10.3. The van der Waals surface area contributed by atoms with Gasteiger partial charge >= 0.3 is 0 Å². The average molecular weight is 448 g/mol. The minimum Gasteiger partial charge on any atom is -0.280 e. The summed E-state index contributed by atoms with van der Waals surface area (Å²) in [6.45, 7) is 4.52. The minimum absolute atomic E-state index is 0.637. The van der Waals surface area contributed by atoms with Crippen LogP contribution in [-0.4, -0.2) is 30.8 Å². The Morgan fingerprint density at radius 2 is 1.77 bits per heavy atom. The number of nitrogens with zero attached hydrogens (tertiary/aromatic N) is 5. The van der Waals surface area contributed by atoms with E-state index < -0.39 is 0 Å². The normalized spacial score (nSPS) is 13.9. The monoisotopic (exact) mass is 447 g/mol. The molecular weight excluding hydrogens is 426 g/mol. The number of hydrogen-bond acceptors (Lipinski definition) is 4. The zero-order valence-corrected chi connectivity index (χ0v) is 18.8. The molecule has 0 radical (unpaired) electrons. The van der Waals surface area contributed by atoms with Gasteiger partial charge in [-0.1, -0.05) is 41.9 Å². The predicted molar refractivity (Wildman–Crippen MR) is 126 cm³/mol. The molecule has 0 bridgehead atoms. The molecule has 7 heteroatoms. The highest BCUT2D eigenvalue weighted by atomic mass is 35.5. The Kier molecular flexibility index (Phi) is 5.44. The Labute approximate surface area is 191 Å². The first kappa shape index (κ1) is 20.1. The van der Waals surface area contributed by atoms with Gasteiger partial charge in [0.2, 0.25) is 4.77 Å². The van der Waals surface area contributed by atoms with Gasteiger partial charge in [-0.15, -0.1) is 5.10 Å². The lowest BCUT2D eigenvalue weighted by Gasteiger charge is -2.28. The van der Waals surface area contributed by atoms with Crippen molar-refractivity contribution in [1.29, 1.82) is 0 Å².